The molecule has 104 valence electrons. The Labute approximate surface area is 124 Å². The number of amides is 1. The number of benzene rings is 2. The standard InChI is InChI=1S/C17H19NOS/c1-13-8-6-7-11-16(13)20-12-17(19)18-14(2)15-9-4-3-5-10-15/h3-11,14H,12H2,1-2H3,(H,18,19)/t14-/m1/s1. The molecule has 0 unspecified atom stereocenters. The third-order valence-corrected chi connectivity index (χ3v) is 4.31. The molecule has 2 aromatic rings. The van der Waals surface area contributed by atoms with Crippen LogP contribution in [-0.2, 0) is 4.79 Å². The summed E-state index contributed by atoms with van der Waals surface area (Å²) in [4.78, 5) is 13.1. The molecule has 0 aliphatic rings. The molecule has 20 heavy (non-hydrogen) atoms. The van der Waals surface area contributed by atoms with E-state index in [1.165, 1.54) is 5.56 Å². The zero-order valence-corrected chi connectivity index (χ0v) is 12.6. The van der Waals surface area contributed by atoms with Crippen LogP contribution in [0.4, 0.5) is 0 Å². The van der Waals surface area contributed by atoms with E-state index >= 15 is 0 Å². The van der Waals surface area contributed by atoms with Crippen LogP contribution in [0.1, 0.15) is 24.1 Å². The highest BCUT2D eigenvalue weighted by molar-refractivity contribution is 8.00. The van der Waals surface area contributed by atoms with E-state index in [2.05, 4.69) is 18.3 Å². The summed E-state index contributed by atoms with van der Waals surface area (Å²) >= 11 is 1.58. The lowest BCUT2D eigenvalue weighted by Gasteiger charge is -2.14. The van der Waals surface area contributed by atoms with Crippen molar-refractivity contribution in [3.8, 4) is 0 Å². The molecule has 0 spiro atoms. The third-order valence-electron chi connectivity index (χ3n) is 3.13. The second kappa shape index (κ2) is 7.15. The molecule has 1 N–H and O–H groups in total. The van der Waals surface area contributed by atoms with E-state index < -0.39 is 0 Å². The van der Waals surface area contributed by atoms with E-state index in [9.17, 15) is 4.79 Å². The van der Waals surface area contributed by atoms with Gasteiger partial charge in [-0.25, -0.2) is 0 Å². The molecule has 0 aliphatic carbocycles. The summed E-state index contributed by atoms with van der Waals surface area (Å²) in [5, 5.41) is 3.03. The van der Waals surface area contributed by atoms with Gasteiger partial charge in [-0.05, 0) is 31.0 Å². The van der Waals surface area contributed by atoms with E-state index in [0.717, 1.165) is 10.5 Å². The first-order valence-electron chi connectivity index (χ1n) is 6.69. The minimum atomic E-state index is 0.0428. The fourth-order valence-electron chi connectivity index (χ4n) is 1.97. The van der Waals surface area contributed by atoms with Gasteiger partial charge in [0.25, 0.3) is 0 Å². The SMILES string of the molecule is Cc1ccccc1SCC(=O)N[C@H](C)c1ccccc1. The summed E-state index contributed by atoms with van der Waals surface area (Å²) in [6, 6.07) is 18.2. The minimum Gasteiger partial charge on any atom is -0.349 e. The predicted octanol–water partition coefficient (Wildman–Crippen LogP) is 3.96. The summed E-state index contributed by atoms with van der Waals surface area (Å²) in [5.74, 6) is 0.511. The summed E-state index contributed by atoms with van der Waals surface area (Å²) in [6.07, 6.45) is 0. The van der Waals surface area contributed by atoms with Gasteiger partial charge < -0.3 is 5.32 Å². The first-order valence-corrected chi connectivity index (χ1v) is 7.68. The minimum absolute atomic E-state index is 0.0428. The second-order valence-electron chi connectivity index (χ2n) is 4.75. The lowest BCUT2D eigenvalue weighted by atomic mass is 10.1. The Kier molecular flexibility index (Phi) is 5.24. The van der Waals surface area contributed by atoms with Gasteiger partial charge in [0.2, 0.25) is 5.91 Å². The van der Waals surface area contributed by atoms with E-state index in [1.807, 2.05) is 55.5 Å². The van der Waals surface area contributed by atoms with Crippen molar-refractivity contribution in [3.05, 3.63) is 65.7 Å². The molecular formula is C17H19NOS. The molecule has 1 atom stereocenters. The molecule has 1 amide bonds. The summed E-state index contributed by atoms with van der Waals surface area (Å²) < 4.78 is 0. The quantitative estimate of drug-likeness (QED) is 0.842. The Hall–Kier alpha value is -1.74. The van der Waals surface area contributed by atoms with Crippen LogP contribution in [0, 0.1) is 6.92 Å². The average molecular weight is 285 g/mol. The Morgan fingerprint density at radius 1 is 1.10 bits per heavy atom. The number of hydrogen-bond acceptors (Lipinski definition) is 2. The topological polar surface area (TPSA) is 29.1 Å². The number of rotatable bonds is 5. The average Bonchev–Trinajstić information content (AvgIpc) is 2.47. The van der Waals surface area contributed by atoms with Gasteiger partial charge in [-0.2, -0.15) is 0 Å². The van der Waals surface area contributed by atoms with Crippen LogP contribution < -0.4 is 5.32 Å². The van der Waals surface area contributed by atoms with Crippen LogP contribution in [0.15, 0.2) is 59.5 Å². The number of carbonyl (C=O) groups is 1. The van der Waals surface area contributed by atoms with Gasteiger partial charge in [-0.15, -0.1) is 11.8 Å². The molecule has 2 rings (SSSR count). The van der Waals surface area contributed by atoms with Crippen molar-refractivity contribution in [2.24, 2.45) is 0 Å². The van der Waals surface area contributed by atoms with Crippen LogP contribution in [-0.4, -0.2) is 11.7 Å². The molecule has 0 saturated carbocycles. The summed E-state index contributed by atoms with van der Waals surface area (Å²) in [6.45, 7) is 4.07. The van der Waals surface area contributed by atoms with Crippen molar-refractivity contribution in [1.82, 2.24) is 5.32 Å². The van der Waals surface area contributed by atoms with Gasteiger partial charge in [-0.1, -0.05) is 48.5 Å². The first-order chi connectivity index (χ1) is 9.66. The maximum Gasteiger partial charge on any atom is 0.230 e. The van der Waals surface area contributed by atoms with Crippen molar-refractivity contribution in [2.45, 2.75) is 24.8 Å². The fourth-order valence-corrected chi connectivity index (χ4v) is 2.81. The van der Waals surface area contributed by atoms with Crippen LogP contribution in [0.3, 0.4) is 0 Å². The van der Waals surface area contributed by atoms with E-state index in [4.69, 9.17) is 0 Å². The fraction of sp³-hybridized carbons (Fsp3) is 0.235. The molecule has 0 aliphatic heterocycles. The zero-order chi connectivity index (χ0) is 14.4. The highest BCUT2D eigenvalue weighted by Crippen LogP contribution is 2.21. The largest absolute Gasteiger partial charge is 0.349 e. The number of hydrogen-bond donors (Lipinski definition) is 1. The summed E-state index contributed by atoms with van der Waals surface area (Å²) in [5.41, 5.74) is 2.34. The van der Waals surface area contributed by atoms with Crippen LogP contribution in [0.2, 0.25) is 0 Å². The molecule has 0 bridgehead atoms. The lowest BCUT2D eigenvalue weighted by molar-refractivity contribution is -0.119. The van der Waals surface area contributed by atoms with Crippen LogP contribution >= 0.6 is 11.8 Å². The van der Waals surface area contributed by atoms with Crippen molar-refractivity contribution in [1.29, 1.82) is 0 Å². The molecule has 0 aromatic heterocycles. The van der Waals surface area contributed by atoms with Gasteiger partial charge in [0.15, 0.2) is 0 Å². The Morgan fingerprint density at radius 3 is 2.45 bits per heavy atom. The highest BCUT2D eigenvalue weighted by Gasteiger charge is 2.09. The number of nitrogens with one attached hydrogen (secondary N) is 1. The van der Waals surface area contributed by atoms with Gasteiger partial charge >= 0.3 is 0 Å². The maximum absolute atomic E-state index is 12.0. The van der Waals surface area contributed by atoms with Crippen LogP contribution in [0.25, 0.3) is 0 Å². The maximum atomic E-state index is 12.0. The first kappa shape index (κ1) is 14.7. The zero-order valence-electron chi connectivity index (χ0n) is 11.8. The predicted molar refractivity (Wildman–Crippen MR) is 84.9 cm³/mol. The van der Waals surface area contributed by atoms with Gasteiger partial charge in [-0.3, -0.25) is 4.79 Å². The van der Waals surface area contributed by atoms with Crippen molar-refractivity contribution in [2.75, 3.05) is 5.75 Å². The van der Waals surface area contributed by atoms with E-state index in [0.29, 0.717) is 5.75 Å². The normalized spacial score (nSPS) is 11.9. The molecule has 2 aromatic carbocycles. The Morgan fingerprint density at radius 2 is 1.75 bits per heavy atom. The van der Waals surface area contributed by atoms with Crippen molar-refractivity contribution < 1.29 is 4.79 Å². The van der Waals surface area contributed by atoms with Gasteiger partial charge in [0, 0.05) is 4.90 Å². The van der Waals surface area contributed by atoms with Crippen LogP contribution in [0.5, 0.6) is 0 Å². The van der Waals surface area contributed by atoms with Crippen molar-refractivity contribution in [3.63, 3.8) is 0 Å². The van der Waals surface area contributed by atoms with Gasteiger partial charge in [0.1, 0.15) is 0 Å². The highest BCUT2D eigenvalue weighted by atomic mass is 32.2. The monoisotopic (exact) mass is 285 g/mol. The molecule has 0 saturated heterocycles. The Bertz CT molecular complexity index is 568. The number of thioether (sulfide) groups is 1. The molecule has 2 nitrogen and oxygen atoms in total. The molecule has 0 fully saturated rings. The molecular weight excluding hydrogens is 266 g/mol. The summed E-state index contributed by atoms with van der Waals surface area (Å²) in [7, 11) is 0. The molecule has 0 radical (unpaired) electrons. The molecule has 0 heterocycles. The second-order valence-corrected chi connectivity index (χ2v) is 5.77. The van der Waals surface area contributed by atoms with E-state index in [1.54, 1.807) is 11.8 Å². The smallest absolute Gasteiger partial charge is 0.230 e. The Balaban J connectivity index is 1.86. The van der Waals surface area contributed by atoms with E-state index in [-0.39, 0.29) is 11.9 Å². The third kappa shape index (κ3) is 4.14. The van der Waals surface area contributed by atoms with Gasteiger partial charge in [0.05, 0.1) is 11.8 Å². The number of aryl methyl sites for hydroxylation is 1. The number of carbonyl (C=O) groups excluding carboxylic acids is 1. The lowest BCUT2D eigenvalue weighted by Crippen LogP contribution is -2.28. The molecule has 3 heteroatoms. The van der Waals surface area contributed by atoms with Crippen molar-refractivity contribution >= 4 is 17.7 Å².